The number of amides is 2. The summed E-state index contributed by atoms with van der Waals surface area (Å²) >= 11 is 4.22. The predicted molar refractivity (Wildman–Crippen MR) is 72.6 cm³/mol. The van der Waals surface area contributed by atoms with E-state index in [0.29, 0.717) is 12.0 Å². The lowest BCUT2D eigenvalue weighted by atomic mass is 9.89. The molecule has 98 valence electrons. The van der Waals surface area contributed by atoms with Gasteiger partial charge in [-0.1, -0.05) is 0 Å². The Morgan fingerprint density at radius 2 is 1.94 bits per heavy atom. The minimum absolute atomic E-state index is 0.183. The summed E-state index contributed by atoms with van der Waals surface area (Å²) in [4.78, 5) is 18.3. The van der Waals surface area contributed by atoms with Crippen molar-refractivity contribution in [2.24, 2.45) is 5.92 Å². The normalized spacial score (nSPS) is 28.2. The van der Waals surface area contributed by atoms with Gasteiger partial charge in [-0.05, 0) is 38.9 Å². The van der Waals surface area contributed by atoms with Crippen molar-refractivity contribution in [1.82, 2.24) is 14.7 Å². The highest BCUT2D eigenvalue weighted by Crippen LogP contribution is 2.28. The smallest absolute Gasteiger partial charge is 0.320 e. The number of piperidine rings is 1. The van der Waals surface area contributed by atoms with E-state index in [1.165, 1.54) is 12.8 Å². The van der Waals surface area contributed by atoms with Gasteiger partial charge >= 0.3 is 6.03 Å². The molecule has 1 unspecified atom stereocenters. The van der Waals surface area contributed by atoms with Crippen LogP contribution in [0.1, 0.15) is 12.8 Å². The largest absolute Gasteiger partial charge is 0.323 e. The van der Waals surface area contributed by atoms with Gasteiger partial charge in [0, 0.05) is 25.9 Å². The van der Waals surface area contributed by atoms with Gasteiger partial charge < -0.3 is 14.7 Å². The summed E-state index contributed by atoms with van der Waals surface area (Å²) < 4.78 is 0. The molecule has 0 saturated carbocycles. The average Bonchev–Trinajstić information content (AvgIpc) is 2.59. The van der Waals surface area contributed by atoms with Crippen LogP contribution in [0.4, 0.5) is 4.79 Å². The molecule has 2 saturated heterocycles. The van der Waals surface area contributed by atoms with Crippen LogP contribution in [0.15, 0.2) is 0 Å². The van der Waals surface area contributed by atoms with Gasteiger partial charge in [-0.3, -0.25) is 0 Å². The zero-order chi connectivity index (χ0) is 12.4. The second-order valence-corrected chi connectivity index (χ2v) is 5.72. The number of thiol groups is 1. The average molecular weight is 257 g/mol. The first-order chi connectivity index (χ1) is 8.13. The number of carbonyl (C=O) groups is 1. The standard InChI is InChI=1S/C12H23N3OS/c1-13-5-3-10(4-6-13)11-9-15(7-8-17)12(16)14(11)2/h10-11,17H,3-9H2,1-2H3. The van der Waals surface area contributed by atoms with E-state index in [2.05, 4.69) is 24.6 Å². The Bertz CT molecular complexity index is 279. The summed E-state index contributed by atoms with van der Waals surface area (Å²) in [6.07, 6.45) is 2.43. The number of likely N-dealkylation sites (tertiary alicyclic amines) is 1. The molecule has 4 nitrogen and oxygen atoms in total. The maximum atomic E-state index is 12.0. The molecule has 2 aliphatic heterocycles. The minimum atomic E-state index is 0.183. The first kappa shape index (κ1) is 13.0. The van der Waals surface area contributed by atoms with E-state index < -0.39 is 0 Å². The van der Waals surface area contributed by atoms with Gasteiger partial charge in [-0.15, -0.1) is 0 Å². The molecule has 2 aliphatic rings. The molecule has 17 heavy (non-hydrogen) atoms. The van der Waals surface area contributed by atoms with E-state index >= 15 is 0 Å². The van der Waals surface area contributed by atoms with Crippen LogP contribution in [0.2, 0.25) is 0 Å². The molecule has 0 aliphatic carbocycles. The van der Waals surface area contributed by atoms with Gasteiger partial charge in [-0.2, -0.15) is 12.6 Å². The second-order valence-electron chi connectivity index (χ2n) is 5.27. The van der Waals surface area contributed by atoms with Gasteiger partial charge in [0.1, 0.15) is 0 Å². The first-order valence-electron chi connectivity index (χ1n) is 6.44. The van der Waals surface area contributed by atoms with Crippen molar-refractivity contribution in [2.45, 2.75) is 18.9 Å². The number of hydrogen-bond acceptors (Lipinski definition) is 3. The van der Waals surface area contributed by atoms with Crippen molar-refractivity contribution in [3.63, 3.8) is 0 Å². The first-order valence-corrected chi connectivity index (χ1v) is 7.08. The Balaban J connectivity index is 1.95. The number of nitrogens with zero attached hydrogens (tertiary/aromatic N) is 3. The summed E-state index contributed by atoms with van der Waals surface area (Å²) in [6.45, 7) is 3.99. The van der Waals surface area contributed by atoms with Crippen molar-refractivity contribution >= 4 is 18.7 Å². The van der Waals surface area contributed by atoms with Crippen LogP contribution in [0.25, 0.3) is 0 Å². The summed E-state index contributed by atoms with van der Waals surface area (Å²) in [6, 6.07) is 0.596. The predicted octanol–water partition coefficient (Wildman–Crippen LogP) is 0.994. The second kappa shape index (κ2) is 5.48. The summed E-state index contributed by atoms with van der Waals surface area (Å²) in [5, 5.41) is 0. The fraction of sp³-hybridized carbons (Fsp3) is 0.917. The zero-order valence-corrected chi connectivity index (χ0v) is 11.7. The number of likely N-dealkylation sites (N-methyl/N-ethyl adjacent to an activating group) is 1. The van der Waals surface area contributed by atoms with Crippen molar-refractivity contribution in [2.75, 3.05) is 46.0 Å². The summed E-state index contributed by atoms with van der Waals surface area (Å²) in [5.41, 5.74) is 0. The van der Waals surface area contributed by atoms with Gasteiger partial charge in [0.2, 0.25) is 0 Å². The zero-order valence-electron chi connectivity index (χ0n) is 10.8. The Labute approximate surface area is 109 Å². The third kappa shape index (κ3) is 2.71. The van der Waals surface area contributed by atoms with E-state index in [9.17, 15) is 4.79 Å². The molecule has 2 fully saturated rings. The molecule has 2 amide bonds. The van der Waals surface area contributed by atoms with Gasteiger partial charge in [0.05, 0.1) is 6.04 Å². The molecule has 0 spiro atoms. The summed E-state index contributed by atoms with van der Waals surface area (Å²) in [7, 11) is 4.12. The molecule has 0 N–H and O–H groups in total. The van der Waals surface area contributed by atoms with Crippen LogP contribution in [0.3, 0.4) is 0 Å². The fourth-order valence-electron chi connectivity index (χ4n) is 2.98. The van der Waals surface area contributed by atoms with Crippen LogP contribution in [0, 0.1) is 5.92 Å². The Morgan fingerprint density at radius 1 is 1.29 bits per heavy atom. The van der Waals surface area contributed by atoms with E-state index in [4.69, 9.17) is 0 Å². The van der Waals surface area contributed by atoms with Crippen molar-refractivity contribution in [3.8, 4) is 0 Å². The third-order valence-corrected chi connectivity index (χ3v) is 4.35. The van der Waals surface area contributed by atoms with Crippen LogP contribution >= 0.6 is 12.6 Å². The molecule has 0 bridgehead atoms. The van der Waals surface area contributed by atoms with E-state index in [0.717, 1.165) is 31.9 Å². The Morgan fingerprint density at radius 3 is 2.53 bits per heavy atom. The van der Waals surface area contributed by atoms with Crippen molar-refractivity contribution < 1.29 is 4.79 Å². The van der Waals surface area contributed by atoms with Crippen molar-refractivity contribution in [1.29, 1.82) is 0 Å². The van der Waals surface area contributed by atoms with Crippen LogP contribution in [-0.2, 0) is 0 Å². The fourth-order valence-corrected chi connectivity index (χ4v) is 3.22. The molecule has 2 rings (SSSR count). The molecule has 5 heteroatoms. The van der Waals surface area contributed by atoms with Gasteiger partial charge in [0.15, 0.2) is 0 Å². The SMILES string of the molecule is CN1CCC(C2CN(CCS)C(=O)N2C)CC1. The van der Waals surface area contributed by atoms with Crippen molar-refractivity contribution in [3.05, 3.63) is 0 Å². The number of urea groups is 1. The van der Waals surface area contributed by atoms with Gasteiger partial charge in [-0.25, -0.2) is 4.79 Å². The molecule has 0 aromatic carbocycles. The highest BCUT2D eigenvalue weighted by molar-refractivity contribution is 7.80. The third-order valence-electron chi connectivity index (χ3n) is 4.15. The van der Waals surface area contributed by atoms with Crippen LogP contribution in [-0.4, -0.2) is 72.8 Å². The number of rotatable bonds is 3. The van der Waals surface area contributed by atoms with E-state index in [1.807, 2.05) is 16.8 Å². The minimum Gasteiger partial charge on any atom is -0.323 e. The molecule has 2 heterocycles. The molecular weight excluding hydrogens is 234 g/mol. The monoisotopic (exact) mass is 257 g/mol. The lowest BCUT2D eigenvalue weighted by Crippen LogP contribution is -2.42. The number of carbonyl (C=O) groups excluding carboxylic acids is 1. The maximum absolute atomic E-state index is 12.0. The van der Waals surface area contributed by atoms with Gasteiger partial charge in [0.25, 0.3) is 0 Å². The highest BCUT2D eigenvalue weighted by atomic mass is 32.1. The number of hydrogen-bond donors (Lipinski definition) is 1. The lowest BCUT2D eigenvalue weighted by molar-refractivity contribution is 0.150. The molecule has 1 atom stereocenters. The molecule has 0 radical (unpaired) electrons. The highest BCUT2D eigenvalue weighted by Gasteiger charge is 2.39. The maximum Gasteiger partial charge on any atom is 0.320 e. The van der Waals surface area contributed by atoms with E-state index in [-0.39, 0.29) is 6.03 Å². The topological polar surface area (TPSA) is 26.8 Å². The van der Waals surface area contributed by atoms with Crippen LogP contribution < -0.4 is 0 Å². The van der Waals surface area contributed by atoms with Crippen LogP contribution in [0.5, 0.6) is 0 Å². The van der Waals surface area contributed by atoms with E-state index in [1.54, 1.807) is 0 Å². The lowest BCUT2D eigenvalue weighted by Gasteiger charge is -2.34. The molecule has 0 aromatic heterocycles. The quantitative estimate of drug-likeness (QED) is 0.764. The Hall–Kier alpha value is -0.420. The Kier molecular flexibility index (Phi) is 4.20. The molecule has 0 aromatic rings. The summed E-state index contributed by atoms with van der Waals surface area (Å²) in [5.74, 6) is 1.42. The molecular formula is C12H23N3OS.